The lowest BCUT2D eigenvalue weighted by molar-refractivity contribution is 0.165. The lowest BCUT2D eigenvalue weighted by Gasteiger charge is -2.33. The average Bonchev–Trinajstić information content (AvgIpc) is 2.98. The third kappa shape index (κ3) is 7.48. The van der Waals surface area contributed by atoms with Crippen LogP contribution in [0.4, 0.5) is 4.79 Å². The largest absolute Gasteiger partial charge is 0.331 e. The fraction of sp³-hybridized carbons (Fsp3) is 0.343. The quantitative estimate of drug-likeness (QED) is 0.236. The van der Waals surface area contributed by atoms with Crippen molar-refractivity contribution in [3.63, 3.8) is 0 Å². The number of nitrogens with zero attached hydrogens (tertiary/aromatic N) is 2. The molecule has 1 saturated heterocycles. The normalized spacial score (nSPS) is 15.2. The highest BCUT2D eigenvalue weighted by molar-refractivity contribution is 5.86. The minimum atomic E-state index is -0.0782. The lowest BCUT2D eigenvalue weighted by atomic mass is 9.90. The Kier molecular flexibility index (Phi) is 9.29. The zero-order chi connectivity index (χ0) is 26.9. The van der Waals surface area contributed by atoms with Gasteiger partial charge >= 0.3 is 6.03 Å². The molecule has 1 heterocycles. The SMILES string of the molecule is C[C@H](NC(=O)N(CCCN1CCC(Cc2ccccc2)CC1)Cc1ccccc1)c1cccc2ccccc12. The molecule has 202 valence electrons. The minimum absolute atomic E-state index is 0.000793. The Hall–Kier alpha value is -3.63. The Bertz CT molecular complexity index is 1310. The van der Waals surface area contributed by atoms with E-state index in [0.29, 0.717) is 6.54 Å². The molecule has 4 heteroatoms. The van der Waals surface area contributed by atoms with E-state index in [4.69, 9.17) is 0 Å². The number of fused-ring (bicyclic) bond motifs is 1. The lowest BCUT2D eigenvalue weighted by Crippen LogP contribution is -2.42. The van der Waals surface area contributed by atoms with E-state index >= 15 is 0 Å². The van der Waals surface area contributed by atoms with Gasteiger partial charge in [-0.3, -0.25) is 0 Å². The van der Waals surface area contributed by atoms with Crippen LogP contribution in [0.1, 0.15) is 48.9 Å². The maximum absolute atomic E-state index is 13.6. The number of hydrogen-bond donors (Lipinski definition) is 1. The van der Waals surface area contributed by atoms with Crippen molar-refractivity contribution in [1.29, 1.82) is 0 Å². The van der Waals surface area contributed by atoms with Crippen molar-refractivity contribution < 1.29 is 4.79 Å². The molecule has 4 nitrogen and oxygen atoms in total. The van der Waals surface area contributed by atoms with Gasteiger partial charge in [-0.2, -0.15) is 0 Å². The minimum Gasteiger partial charge on any atom is -0.331 e. The predicted molar refractivity (Wildman–Crippen MR) is 162 cm³/mol. The van der Waals surface area contributed by atoms with Gasteiger partial charge in [-0.25, -0.2) is 4.79 Å². The predicted octanol–water partition coefficient (Wildman–Crippen LogP) is 7.46. The molecule has 1 fully saturated rings. The van der Waals surface area contributed by atoms with Gasteiger partial charge in [-0.15, -0.1) is 0 Å². The Labute approximate surface area is 233 Å². The number of carbonyl (C=O) groups is 1. The molecule has 0 aromatic heterocycles. The third-order valence-electron chi connectivity index (χ3n) is 8.11. The number of piperidine rings is 1. The van der Waals surface area contributed by atoms with E-state index in [9.17, 15) is 4.79 Å². The summed E-state index contributed by atoms with van der Waals surface area (Å²) in [7, 11) is 0. The second-order valence-electron chi connectivity index (χ2n) is 11.0. The summed E-state index contributed by atoms with van der Waals surface area (Å²) in [5.41, 5.74) is 3.77. The Balaban J connectivity index is 1.16. The number of nitrogens with one attached hydrogen (secondary N) is 1. The topological polar surface area (TPSA) is 35.6 Å². The molecule has 0 radical (unpaired) electrons. The Morgan fingerprint density at radius 3 is 2.23 bits per heavy atom. The highest BCUT2D eigenvalue weighted by Gasteiger charge is 2.21. The number of carbonyl (C=O) groups excluding carboxylic acids is 1. The molecule has 5 rings (SSSR count). The van der Waals surface area contributed by atoms with Crippen LogP contribution in [0.5, 0.6) is 0 Å². The molecule has 39 heavy (non-hydrogen) atoms. The van der Waals surface area contributed by atoms with Crippen molar-refractivity contribution in [3.05, 3.63) is 120 Å². The van der Waals surface area contributed by atoms with Gasteiger partial charge in [-0.05, 0) is 85.6 Å². The van der Waals surface area contributed by atoms with Gasteiger partial charge in [0.1, 0.15) is 0 Å². The third-order valence-corrected chi connectivity index (χ3v) is 8.11. The van der Waals surface area contributed by atoms with Crippen molar-refractivity contribution in [2.24, 2.45) is 5.92 Å². The number of urea groups is 1. The maximum atomic E-state index is 13.6. The standard InChI is InChI=1S/C35H41N3O/c1-28(33-19-10-17-32-16-8-9-18-34(32)33)36-35(39)38(27-31-14-6-3-7-15-31)23-11-22-37-24-20-30(21-25-37)26-29-12-4-2-5-13-29/h2-10,12-19,28,30H,11,20-27H2,1H3,(H,36,39)/t28-/m0/s1. The first-order valence-electron chi connectivity index (χ1n) is 14.5. The number of rotatable bonds is 10. The molecule has 4 aromatic carbocycles. The van der Waals surface area contributed by atoms with Crippen LogP contribution in [-0.2, 0) is 13.0 Å². The van der Waals surface area contributed by atoms with Gasteiger partial charge in [0.15, 0.2) is 0 Å². The average molecular weight is 520 g/mol. The van der Waals surface area contributed by atoms with E-state index in [-0.39, 0.29) is 12.1 Å². The molecular formula is C35H41N3O. The molecular weight excluding hydrogens is 478 g/mol. The van der Waals surface area contributed by atoms with Crippen LogP contribution in [0.15, 0.2) is 103 Å². The smallest absolute Gasteiger partial charge is 0.318 e. The number of likely N-dealkylation sites (tertiary alicyclic amines) is 1. The van der Waals surface area contributed by atoms with Crippen LogP contribution in [0.25, 0.3) is 10.8 Å². The number of hydrogen-bond acceptors (Lipinski definition) is 2. The summed E-state index contributed by atoms with van der Waals surface area (Å²) in [5, 5.41) is 5.69. The van der Waals surface area contributed by atoms with Gasteiger partial charge in [-0.1, -0.05) is 103 Å². The van der Waals surface area contributed by atoms with Gasteiger partial charge in [0.05, 0.1) is 6.04 Å². The zero-order valence-corrected chi connectivity index (χ0v) is 23.1. The first kappa shape index (κ1) is 27.0. The van der Waals surface area contributed by atoms with Crippen LogP contribution in [0.3, 0.4) is 0 Å². The second kappa shape index (κ2) is 13.4. The summed E-state index contributed by atoms with van der Waals surface area (Å²) in [5.74, 6) is 0.777. The summed E-state index contributed by atoms with van der Waals surface area (Å²) in [6, 6.07) is 35.8. The van der Waals surface area contributed by atoms with Crippen molar-refractivity contribution in [2.45, 2.75) is 45.2 Å². The van der Waals surface area contributed by atoms with Crippen molar-refractivity contribution in [3.8, 4) is 0 Å². The highest BCUT2D eigenvalue weighted by Crippen LogP contribution is 2.25. The van der Waals surface area contributed by atoms with Crippen LogP contribution < -0.4 is 5.32 Å². The monoisotopic (exact) mass is 519 g/mol. The van der Waals surface area contributed by atoms with Gasteiger partial charge in [0, 0.05) is 13.1 Å². The zero-order valence-electron chi connectivity index (χ0n) is 23.1. The van der Waals surface area contributed by atoms with Crippen molar-refractivity contribution in [1.82, 2.24) is 15.1 Å². The summed E-state index contributed by atoms with van der Waals surface area (Å²) in [4.78, 5) is 18.1. The maximum Gasteiger partial charge on any atom is 0.318 e. The molecule has 1 aliphatic heterocycles. The number of amides is 2. The summed E-state index contributed by atoms with van der Waals surface area (Å²) in [6.45, 7) is 6.79. The van der Waals surface area contributed by atoms with E-state index in [1.807, 2.05) is 23.1 Å². The highest BCUT2D eigenvalue weighted by atomic mass is 16.2. The van der Waals surface area contributed by atoms with Gasteiger partial charge in [0.2, 0.25) is 0 Å². The second-order valence-corrected chi connectivity index (χ2v) is 11.0. The number of benzene rings is 4. The van der Waals surface area contributed by atoms with Crippen LogP contribution in [0.2, 0.25) is 0 Å². The Morgan fingerprint density at radius 1 is 0.846 bits per heavy atom. The summed E-state index contributed by atoms with van der Waals surface area (Å²) < 4.78 is 0. The van der Waals surface area contributed by atoms with E-state index in [1.54, 1.807) is 0 Å². The van der Waals surface area contributed by atoms with Gasteiger partial charge in [0.25, 0.3) is 0 Å². The van der Waals surface area contributed by atoms with Crippen LogP contribution in [-0.4, -0.2) is 42.0 Å². The first-order chi connectivity index (χ1) is 19.2. The fourth-order valence-electron chi connectivity index (χ4n) is 5.89. The van der Waals surface area contributed by atoms with E-state index in [1.165, 1.54) is 35.6 Å². The van der Waals surface area contributed by atoms with Crippen molar-refractivity contribution in [2.75, 3.05) is 26.2 Å². The van der Waals surface area contributed by atoms with E-state index in [0.717, 1.165) is 49.6 Å². The molecule has 4 aromatic rings. The van der Waals surface area contributed by atoms with E-state index in [2.05, 4.69) is 102 Å². The molecule has 0 aliphatic carbocycles. The van der Waals surface area contributed by atoms with Crippen LogP contribution in [0, 0.1) is 5.92 Å². The fourth-order valence-corrected chi connectivity index (χ4v) is 5.89. The van der Waals surface area contributed by atoms with Crippen molar-refractivity contribution >= 4 is 16.8 Å². The van der Waals surface area contributed by atoms with Crippen LogP contribution >= 0.6 is 0 Å². The molecule has 0 bridgehead atoms. The molecule has 0 unspecified atom stereocenters. The summed E-state index contributed by atoms with van der Waals surface area (Å²) >= 11 is 0. The summed E-state index contributed by atoms with van der Waals surface area (Å²) in [6.07, 6.45) is 4.68. The molecule has 2 amide bonds. The molecule has 0 saturated carbocycles. The van der Waals surface area contributed by atoms with E-state index < -0.39 is 0 Å². The molecule has 1 atom stereocenters. The molecule has 1 N–H and O–H groups in total. The van der Waals surface area contributed by atoms with Gasteiger partial charge < -0.3 is 15.1 Å². The molecule has 1 aliphatic rings. The molecule has 0 spiro atoms. The Morgan fingerprint density at radius 2 is 1.49 bits per heavy atom. The first-order valence-corrected chi connectivity index (χ1v) is 14.5.